The third-order valence-corrected chi connectivity index (χ3v) is 8.85. The fraction of sp³-hybridized carbons (Fsp3) is 0.423. The number of hydrogen-bond acceptors (Lipinski definition) is 6. The Morgan fingerprint density at radius 1 is 1.16 bits per heavy atom. The van der Waals surface area contributed by atoms with Gasteiger partial charge in [0.1, 0.15) is 23.8 Å². The Kier molecular flexibility index (Phi) is 7.24. The number of urea groups is 1. The number of nitrogens with one attached hydrogen (secondary N) is 2. The van der Waals surface area contributed by atoms with Gasteiger partial charge >= 0.3 is 16.2 Å². The van der Waals surface area contributed by atoms with Crippen molar-refractivity contribution in [2.24, 2.45) is 5.92 Å². The van der Waals surface area contributed by atoms with Gasteiger partial charge in [0.15, 0.2) is 5.82 Å². The number of hydrogen-bond donors (Lipinski definition) is 3. The van der Waals surface area contributed by atoms with Crippen LogP contribution in [0.3, 0.4) is 0 Å². The maximum atomic E-state index is 15.9. The fourth-order valence-corrected chi connectivity index (χ4v) is 6.39. The van der Waals surface area contributed by atoms with Crippen molar-refractivity contribution in [1.29, 1.82) is 0 Å². The van der Waals surface area contributed by atoms with Crippen LogP contribution in [0, 0.1) is 11.7 Å². The lowest BCUT2D eigenvalue weighted by atomic mass is 9.81. The molecule has 2 fully saturated rings. The lowest BCUT2D eigenvalue weighted by Crippen LogP contribution is -2.43. The number of halogens is 1. The number of carbonyl (C=O) groups is 2. The topological polar surface area (TPSA) is 132 Å². The smallest absolute Gasteiger partial charge is 0.326 e. The molecule has 1 aliphatic carbocycles. The molecule has 202 valence electrons. The first-order chi connectivity index (χ1) is 18.2. The minimum absolute atomic E-state index is 0.0580. The zero-order valence-electron chi connectivity index (χ0n) is 20.8. The standard InChI is InChI=1S/C26H30FN5O5S/c27-24-20(12-13-21(33)25(24)32-16-23(34)30-38(32,36)37)18-7-4-8-19(11-10-17-5-3-6-17)31(15-18)26(35)29-22-9-1-2-14-28-22/h1-2,7,9,12-14,17,19,33H,3-6,8,10-11,15-16H2,(H,30,34)(H,28,29,35). The maximum absolute atomic E-state index is 15.9. The molecule has 12 heteroatoms. The Hall–Kier alpha value is -3.67. The van der Waals surface area contributed by atoms with Gasteiger partial charge in [0.05, 0.1) is 0 Å². The van der Waals surface area contributed by atoms with Crippen LogP contribution in [0.5, 0.6) is 5.75 Å². The Balaban J connectivity index is 1.45. The van der Waals surface area contributed by atoms with Crippen molar-refractivity contribution in [3.05, 3.63) is 54.0 Å². The number of nitrogens with zero attached hydrogens (tertiary/aromatic N) is 3. The zero-order valence-corrected chi connectivity index (χ0v) is 21.6. The van der Waals surface area contributed by atoms with Gasteiger partial charge in [-0.3, -0.25) is 10.1 Å². The monoisotopic (exact) mass is 543 g/mol. The molecule has 38 heavy (non-hydrogen) atoms. The summed E-state index contributed by atoms with van der Waals surface area (Å²) in [6.45, 7) is -0.559. The second kappa shape index (κ2) is 10.6. The van der Waals surface area contributed by atoms with Crippen LogP contribution in [0.1, 0.15) is 50.5 Å². The summed E-state index contributed by atoms with van der Waals surface area (Å²) >= 11 is 0. The number of phenols is 1. The van der Waals surface area contributed by atoms with E-state index < -0.39 is 39.9 Å². The minimum atomic E-state index is -4.34. The van der Waals surface area contributed by atoms with Crippen LogP contribution in [0.15, 0.2) is 42.6 Å². The zero-order chi connectivity index (χ0) is 26.9. The van der Waals surface area contributed by atoms with E-state index in [2.05, 4.69) is 10.3 Å². The number of carbonyl (C=O) groups excluding carboxylic acids is 2. The third kappa shape index (κ3) is 5.31. The van der Waals surface area contributed by atoms with Crippen molar-refractivity contribution in [2.75, 3.05) is 22.7 Å². The van der Waals surface area contributed by atoms with Crippen LogP contribution in [0.4, 0.5) is 20.7 Å². The van der Waals surface area contributed by atoms with Gasteiger partial charge < -0.3 is 10.0 Å². The Bertz CT molecular complexity index is 1360. The first-order valence-corrected chi connectivity index (χ1v) is 14.2. The SMILES string of the molecule is O=C1CN(c2c(O)ccc(C3=CCCC(CCC4CCC4)N(C(=O)Nc4ccccn4)C3)c2F)S(=O)(=O)N1. The number of benzene rings is 1. The predicted molar refractivity (Wildman–Crippen MR) is 140 cm³/mol. The second-order valence-corrected chi connectivity index (χ2v) is 11.5. The summed E-state index contributed by atoms with van der Waals surface area (Å²) in [7, 11) is -4.34. The van der Waals surface area contributed by atoms with E-state index >= 15 is 4.39 Å². The molecule has 3 aliphatic rings. The second-order valence-electron chi connectivity index (χ2n) is 9.94. The first-order valence-electron chi connectivity index (χ1n) is 12.8. The third-order valence-electron chi connectivity index (χ3n) is 7.48. The van der Waals surface area contributed by atoms with Gasteiger partial charge in [0.25, 0.3) is 5.91 Å². The molecule has 1 saturated carbocycles. The molecule has 10 nitrogen and oxygen atoms in total. The lowest BCUT2D eigenvalue weighted by molar-refractivity contribution is -0.117. The molecule has 0 bridgehead atoms. The quantitative estimate of drug-likeness (QED) is 0.508. The average Bonchev–Trinajstić information content (AvgIpc) is 2.99. The van der Waals surface area contributed by atoms with Gasteiger partial charge in [-0.1, -0.05) is 31.4 Å². The molecule has 1 unspecified atom stereocenters. The lowest BCUT2D eigenvalue weighted by Gasteiger charge is -2.33. The van der Waals surface area contributed by atoms with Gasteiger partial charge in [0, 0.05) is 24.3 Å². The summed E-state index contributed by atoms with van der Waals surface area (Å²) < 4.78 is 42.9. The number of aromatic hydroxyl groups is 1. The first kappa shape index (κ1) is 26.0. The average molecular weight is 544 g/mol. The number of rotatable bonds is 6. The molecule has 0 spiro atoms. The van der Waals surface area contributed by atoms with E-state index in [4.69, 9.17) is 0 Å². The van der Waals surface area contributed by atoms with Crippen LogP contribution in [0.2, 0.25) is 0 Å². The van der Waals surface area contributed by atoms with Crippen LogP contribution in [-0.2, 0) is 15.0 Å². The molecule has 3 N–H and O–H groups in total. The molecule has 5 rings (SSSR count). The number of anilines is 2. The number of pyridine rings is 1. The van der Waals surface area contributed by atoms with Crippen LogP contribution < -0.4 is 14.3 Å². The van der Waals surface area contributed by atoms with E-state index in [0.29, 0.717) is 34.5 Å². The Labute approximate surface area is 220 Å². The predicted octanol–water partition coefficient (Wildman–Crippen LogP) is 3.77. The molecule has 0 radical (unpaired) electrons. The highest BCUT2D eigenvalue weighted by molar-refractivity contribution is 7.92. The van der Waals surface area contributed by atoms with E-state index in [0.717, 1.165) is 12.8 Å². The molecule has 2 aliphatic heterocycles. The van der Waals surface area contributed by atoms with Gasteiger partial charge in [-0.2, -0.15) is 8.42 Å². The highest BCUT2D eigenvalue weighted by Gasteiger charge is 2.38. The van der Waals surface area contributed by atoms with Crippen LogP contribution >= 0.6 is 0 Å². The molecule has 2 aromatic rings. The summed E-state index contributed by atoms with van der Waals surface area (Å²) in [6, 6.07) is 7.33. The van der Waals surface area contributed by atoms with E-state index in [1.807, 2.05) is 6.08 Å². The summed E-state index contributed by atoms with van der Waals surface area (Å²) in [6.07, 6.45) is 10.2. The Morgan fingerprint density at radius 3 is 2.63 bits per heavy atom. The fourth-order valence-electron chi connectivity index (χ4n) is 5.23. The molecule has 1 atom stereocenters. The van der Waals surface area contributed by atoms with Crippen molar-refractivity contribution in [3.8, 4) is 5.75 Å². The molecular formula is C26H30FN5O5S. The molecule has 3 heterocycles. The van der Waals surface area contributed by atoms with Crippen LogP contribution in [-0.4, -0.2) is 54.5 Å². The van der Waals surface area contributed by atoms with Gasteiger partial charge in [0.2, 0.25) is 0 Å². The number of allylic oxidation sites excluding steroid dienone is 1. The van der Waals surface area contributed by atoms with Crippen molar-refractivity contribution in [1.82, 2.24) is 14.6 Å². The van der Waals surface area contributed by atoms with Crippen LogP contribution in [0.25, 0.3) is 5.57 Å². The molecular weight excluding hydrogens is 513 g/mol. The molecule has 3 amide bonds. The maximum Gasteiger partial charge on any atom is 0.326 e. The highest BCUT2D eigenvalue weighted by atomic mass is 32.2. The highest BCUT2D eigenvalue weighted by Crippen LogP contribution is 2.39. The van der Waals surface area contributed by atoms with Crippen molar-refractivity contribution >= 4 is 39.2 Å². The van der Waals surface area contributed by atoms with Gasteiger partial charge in [-0.05, 0) is 61.4 Å². The Morgan fingerprint density at radius 2 is 1.97 bits per heavy atom. The van der Waals surface area contributed by atoms with Crippen molar-refractivity contribution in [3.63, 3.8) is 0 Å². The van der Waals surface area contributed by atoms with E-state index in [1.165, 1.54) is 31.4 Å². The summed E-state index contributed by atoms with van der Waals surface area (Å²) in [5.41, 5.74) is -0.0541. The van der Waals surface area contributed by atoms with E-state index in [-0.39, 0.29) is 24.2 Å². The molecule has 1 aromatic heterocycles. The van der Waals surface area contributed by atoms with Crippen molar-refractivity contribution < 1.29 is 27.5 Å². The minimum Gasteiger partial charge on any atom is -0.506 e. The van der Waals surface area contributed by atoms with Gasteiger partial charge in [-0.25, -0.2) is 23.2 Å². The summed E-state index contributed by atoms with van der Waals surface area (Å²) in [5, 5.41) is 13.2. The number of amides is 3. The number of phenolic OH excluding ortho intramolecular Hbond substituents is 1. The van der Waals surface area contributed by atoms with E-state index in [1.54, 1.807) is 34.0 Å². The van der Waals surface area contributed by atoms with E-state index in [9.17, 15) is 23.1 Å². The normalized spacial score (nSPS) is 21.3. The molecule has 1 aromatic carbocycles. The van der Waals surface area contributed by atoms with Gasteiger partial charge in [-0.15, -0.1) is 0 Å². The largest absolute Gasteiger partial charge is 0.506 e. The summed E-state index contributed by atoms with van der Waals surface area (Å²) in [4.78, 5) is 31.1. The molecule has 1 saturated heterocycles. The number of aromatic nitrogens is 1. The van der Waals surface area contributed by atoms with Crippen molar-refractivity contribution in [2.45, 2.75) is 51.0 Å². The summed E-state index contributed by atoms with van der Waals surface area (Å²) in [5.74, 6) is -1.34.